The van der Waals surface area contributed by atoms with E-state index < -0.39 is 0 Å². The lowest BCUT2D eigenvalue weighted by Crippen LogP contribution is -2.30. The molecule has 3 rings (SSSR count). The first-order chi connectivity index (χ1) is 12.2. The first-order valence-corrected chi connectivity index (χ1v) is 7.94. The van der Waals surface area contributed by atoms with Gasteiger partial charge in [-0.2, -0.15) is 0 Å². The Morgan fingerprint density at radius 1 is 1.32 bits per heavy atom. The van der Waals surface area contributed by atoms with Crippen LogP contribution in [0.2, 0.25) is 0 Å². The lowest BCUT2D eigenvalue weighted by Gasteiger charge is -2.18. The minimum Gasteiger partial charge on any atom is -0.490 e. The summed E-state index contributed by atoms with van der Waals surface area (Å²) in [5.41, 5.74) is 0.629. The van der Waals surface area contributed by atoms with Crippen molar-refractivity contribution in [3.8, 4) is 5.75 Å². The molecule has 0 radical (unpaired) electrons. The van der Waals surface area contributed by atoms with Gasteiger partial charge in [0.15, 0.2) is 0 Å². The molecule has 0 aliphatic carbocycles. The molecule has 2 amide bonds. The molecule has 7 nitrogen and oxygen atoms in total. The van der Waals surface area contributed by atoms with Crippen molar-refractivity contribution < 1.29 is 13.9 Å². The number of imidazole rings is 1. The van der Waals surface area contributed by atoms with Gasteiger partial charge in [-0.25, -0.2) is 9.78 Å². The number of ether oxygens (including phenoxy) is 1. The normalized spacial score (nSPS) is 10.4. The van der Waals surface area contributed by atoms with Crippen molar-refractivity contribution in [2.75, 3.05) is 19.0 Å². The van der Waals surface area contributed by atoms with Gasteiger partial charge >= 0.3 is 6.03 Å². The van der Waals surface area contributed by atoms with Crippen LogP contribution in [0.5, 0.6) is 5.75 Å². The van der Waals surface area contributed by atoms with Crippen molar-refractivity contribution in [2.24, 2.45) is 0 Å². The molecule has 7 heteroatoms. The largest absolute Gasteiger partial charge is 0.490 e. The van der Waals surface area contributed by atoms with Crippen molar-refractivity contribution in [3.63, 3.8) is 0 Å². The van der Waals surface area contributed by atoms with E-state index in [0.29, 0.717) is 31.1 Å². The van der Waals surface area contributed by atoms with Gasteiger partial charge in [0, 0.05) is 19.4 Å². The van der Waals surface area contributed by atoms with Crippen molar-refractivity contribution in [3.05, 3.63) is 67.1 Å². The number of anilines is 1. The number of hydrogen-bond donors (Lipinski definition) is 1. The van der Waals surface area contributed by atoms with E-state index in [1.165, 1.54) is 0 Å². The summed E-state index contributed by atoms with van der Waals surface area (Å²) >= 11 is 0. The zero-order chi connectivity index (χ0) is 17.5. The van der Waals surface area contributed by atoms with Crippen LogP contribution in [0.1, 0.15) is 5.76 Å². The van der Waals surface area contributed by atoms with E-state index in [9.17, 15) is 4.79 Å². The fourth-order valence-corrected chi connectivity index (χ4v) is 2.29. The molecular weight excluding hydrogens is 320 g/mol. The summed E-state index contributed by atoms with van der Waals surface area (Å²) in [7, 11) is 1.71. The van der Waals surface area contributed by atoms with Gasteiger partial charge in [0.25, 0.3) is 0 Å². The molecule has 0 aliphatic heterocycles. The third-order valence-electron chi connectivity index (χ3n) is 3.61. The minimum atomic E-state index is -0.234. The zero-order valence-corrected chi connectivity index (χ0v) is 14.0. The second-order valence-electron chi connectivity index (χ2n) is 5.51. The van der Waals surface area contributed by atoms with Crippen LogP contribution in [-0.2, 0) is 13.1 Å². The summed E-state index contributed by atoms with van der Waals surface area (Å²) in [6.07, 6.45) is 6.93. The third kappa shape index (κ3) is 4.63. The van der Waals surface area contributed by atoms with E-state index >= 15 is 0 Å². The minimum absolute atomic E-state index is 0.234. The first kappa shape index (κ1) is 16.6. The number of nitrogens with one attached hydrogen (secondary N) is 1. The maximum atomic E-state index is 12.4. The molecule has 1 aromatic carbocycles. The highest BCUT2D eigenvalue weighted by Gasteiger charge is 2.13. The van der Waals surface area contributed by atoms with E-state index in [1.807, 2.05) is 41.1 Å². The number of amides is 2. The van der Waals surface area contributed by atoms with E-state index in [-0.39, 0.29) is 6.03 Å². The smallest absolute Gasteiger partial charge is 0.322 e. The van der Waals surface area contributed by atoms with Crippen LogP contribution in [0.15, 0.2) is 65.8 Å². The summed E-state index contributed by atoms with van der Waals surface area (Å²) in [5, 5.41) is 2.87. The highest BCUT2D eigenvalue weighted by molar-refractivity contribution is 5.90. The predicted octanol–water partition coefficient (Wildman–Crippen LogP) is 3.22. The number of urea groups is 1. The summed E-state index contributed by atoms with van der Waals surface area (Å²) < 4.78 is 13.0. The number of benzene rings is 1. The Hall–Kier alpha value is -3.22. The van der Waals surface area contributed by atoms with Crippen molar-refractivity contribution >= 4 is 11.7 Å². The Bertz CT molecular complexity index is 785. The standard InChI is InChI=1S/C18H20N4O3/c1-21(13-15-5-4-11-24-15)18(23)20-16-6-2-3-7-17(16)25-12-10-22-9-8-19-14-22/h2-9,11,14H,10,12-13H2,1H3,(H,20,23). The Balaban J connectivity index is 1.57. The van der Waals surface area contributed by atoms with E-state index in [4.69, 9.17) is 9.15 Å². The molecule has 2 aromatic heterocycles. The SMILES string of the molecule is CN(Cc1ccco1)C(=O)Nc1ccccc1OCCn1ccnc1. The fraction of sp³-hybridized carbons (Fsp3) is 0.222. The summed E-state index contributed by atoms with van der Waals surface area (Å²) in [6, 6.07) is 10.8. The molecule has 2 heterocycles. The molecule has 0 spiro atoms. The lowest BCUT2D eigenvalue weighted by atomic mass is 10.3. The van der Waals surface area contributed by atoms with E-state index in [1.54, 1.807) is 36.8 Å². The Morgan fingerprint density at radius 3 is 2.96 bits per heavy atom. The number of nitrogens with zero attached hydrogens (tertiary/aromatic N) is 3. The summed E-state index contributed by atoms with van der Waals surface area (Å²) in [6.45, 7) is 1.55. The molecule has 0 atom stereocenters. The van der Waals surface area contributed by atoms with Crippen molar-refractivity contribution in [1.29, 1.82) is 0 Å². The quantitative estimate of drug-likeness (QED) is 0.717. The Morgan fingerprint density at radius 2 is 2.20 bits per heavy atom. The molecule has 0 unspecified atom stereocenters. The maximum Gasteiger partial charge on any atom is 0.322 e. The van der Waals surface area contributed by atoms with Gasteiger partial charge in [0.1, 0.15) is 18.1 Å². The van der Waals surface area contributed by atoms with Crippen LogP contribution in [0, 0.1) is 0 Å². The molecule has 3 aromatic rings. The highest BCUT2D eigenvalue weighted by atomic mass is 16.5. The van der Waals surface area contributed by atoms with Crippen molar-refractivity contribution in [1.82, 2.24) is 14.5 Å². The van der Waals surface area contributed by atoms with Crippen LogP contribution in [-0.4, -0.2) is 34.1 Å². The van der Waals surface area contributed by atoms with E-state index in [2.05, 4.69) is 10.3 Å². The van der Waals surface area contributed by atoms with Crippen LogP contribution in [0.4, 0.5) is 10.5 Å². The van der Waals surface area contributed by atoms with Crippen molar-refractivity contribution in [2.45, 2.75) is 13.1 Å². The highest BCUT2D eigenvalue weighted by Crippen LogP contribution is 2.24. The zero-order valence-electron chi connectivity index (χ0n) is 14.0. The monoisotopic (exact) mass is 340 g/mol. The van der Waals surface area contributed by atoms with Gasteiger partial charge in [-0.3, -0.25) is 0 Å². The molecule has 0 saturated carbocycles. The number of aromatic nitrogens is 2. The maximum absolute atomic E-state index is 12.4. The predicted molar refractivity (Wildman–Crippen MR) is 93.4 cm³/mol. The van der Waals surface area contributed by atoms with Gasteiger partial charge in [-0.1, -0.05) is 12.1 Å². The molecule has 0 fully saturated rings. The van der Waals surface area contributed by atoms with Gasteiger partial charge in [-0.05, 0) is 24.3 Å². The van der Waals surface area contributed by atoms with Crippen LogP contribution < -0.4 is 10.1 Å². The molecule has 130 valence electrons. The summed E-state index contributed by atoms with van der Waals surface area (Å²) in [4.78, 5) is 17.9. The number of carbonyl (C=O) groups is 1. The van der Waals surface area contributed by atoms with Gasteiger partial charge in [0.05, 0.1) is 31.4 Å². The number of carbonyl (C=O) groups excluding carboxylic acids is 1. The average Bonchev–Trinajstić information content (AvgIpc) is 3.30. The third-order valence-corrected chi connectivity index (χ3v) is 3.61. The molecule has 0 saturated heterocycles. The van der Waals surface area contributed by atoms with E-state index in [0.717, 1.165) is 5.76 Å². The number of para-hydroxylation sites is 2. The molecule has 1 N–H and O–H groups in total. The molecule has 0 bridgehead atoms. The first-order valence-electron chi connectivity index (χ1n) is 7.94. The Kier molecular flexibility index (Phi) is 5.36. The molecule has 25 heavy (non-hydrogen) atoms. The van der Waals surface area contributed by atoms with Crippen LogP contribution in [0.25, 0.3) is 0 Å². The summed E-state index contributed by atoms with van der Waals surface area (Å²) in [5.74, 6) is 1.35. The number of hydrogen-bond acceptors (Lipinski definition) is 4. The van der Waals surface area contributed by atoms with Crippen LogP contribution >= 0.6 is 0 Å². The second kappa shape index (κ2) is 8.05. The van der Waals surface area contributed by atoms with Crippen LogP contribution in [0.3, 0.4) is 0 Å². The molecular formula is C18H20N4O3. The topological polar surface area (TPSA) is 72.5 Å². The van der Waals surface area contributed by atoms with Gasteiger partial charge < -0.3 is 23.9 Å². The molecule has 0 aliphatic rings. The average molecular weight is 340 g/mol. The number of furan rings is 1. The second-order valence-corrected chi connectivity index (χ2v) is 5.51. The van der Waals surface area contributed by atoms with Gasteiger partial charge in [-0.15, -0.1) is 0 Å². The van der Waals surface area contributed by atoms with Gasteiger partial charge in [0.2, 0.25) is 0 Å². The lowest BCUT2D eigenvalue weighted by molar-refractivity contribution is 0.216. The number of rotatable bonds is 7. The fourth-order valence-electron chi connectivity index (χ4n) is 2.29. The Labute approximate surface area is 145 Å².